The quantitative estimate of drug-likeness (QED) is 0.404. The van der Waals surface area contributed by atoms with Crippen LogP contribution in [0.15, 0.2) is 53.9 Å². The molecule has 0 radical (unpaired) electrons. The summed E-state index contributed by atoms with van der Waals surface area (Å²) in [5, 5.41) is 5.00. The average molecular weight is 564 g/mol. The lowest BCUT2D eigenvalue weighted by Gasteiger charge is -2.34. The molecule has 0 aliphatic carbocycles. The third-order valence-electron chi connectivity index (χ3n) is 6.83. The Morgan fingerprint density at radius 2 is 1.80 bits per heavy atom. The van der Waals surface area contributed by atoms with E-state index in [0.29, 0.717) is 36.0 Å². The highest BCUT2D eigenvalue weighted by atomic mass is 32.1. The monoisotopic (exact) mass is 563 g/mol. The number of carbonyl (C=O) groups is 3. The van der Waals surface area contributed by atoms with Gasteiger partial charge in [0.05, 0.1) is 12.1 Å². The normalized spacial score (nSPS) is 14.7. The van der Waals surface area contributed by atoms with Gasteiger partial charge in [-0.3, -0.25) is 19.3 Å². The van der Waals surface area contributed by atoms with E-state index in [2.05, 4.69) is 15.2 Å². The molecule has 11 heteroatoms. The van der Waals surface area contributed by atoms with Gasteiger partial charge >= 0.3 is 0 Å². The first-order chi connectivity index (χ1) is 19.5. The highest BCUT2D eigenvalue weighted by Gasteiger charge is 2.23. The Balaban J connectivity index is 1.07. The Labute approximate surface area is 237 Å². The number of ether oxygens (including phenoxy) is 2. The van der Waals surface area contributed by atoms with Gasteiger partial charge in [-0.15, -0.1) is 11.3 Å². The van der Waals surface area contributed by atoms with Gasteiger partial charge in [-0.05, 0) is 36.2 Å². The lowest BCUT2D eigenvalue weighted by Crippen LogP contribution is -2.48. The minimum absolute atomic E-state index is 0.0217. The summed E-state index contributed by atoms with van der Waals surface area (Å²) in [6, 6.07) is 14.9. The molecule has 0 spiro atoms. The number of anilines is 1. The molecule has 3 aromatic rings. The Morgan fingerprint density at radius 3 is 2.58 bits per heavy atom. The van der Waals surface area contributed by atoms with Crippen LogP contribution in [0.25, 0.3) is 0 Å². The number of aromatic nitrogens is 1. The molecule has 10 nitrogen and oxygen atoms in total. The molecule has 3 heterocycles. The second kappa shape index (κ2) is 12.9. The second-order valence-corrected chi connectivity index (χ2v) is 10.7. The molecule has 5 rings (SSSR count). The summed E-state index contributed by atoms with van der Waals surface area (Å²) in [6.45, 7) is 6.31. The van der Waals surface area contributed by atoms with Crippen molar-refractivity contribution in [1.82, 2.24) is 19.7 Å². The summed E-state index contributed by atoms with van der Waals surface area (Å²) in [7, 11) is 0. The average Bonchev–Trinajstić information content (AvgIpc) is 3.62. The van der Waals surface area contributed by atoms with Crippen LogP contribution >= 0.6 is 11.3 Å². The van der Waals surface area contributed by atoms with Crippen LogP contribution in [-0.4, -0.2) is 83.5 Å². The van der Waals surface area contributed by atoms with Crippen LogP contribution in [0, 0.1) is 0 Å². The number of piperazine rings is 1. The number of thiazole rings is 1. The fraction of sp³-hybridized carbons (Fsp3) is 0.379. The van der Waals surface area contributed by atoms with Gasteiger partial charge in [0.2, 0.25) is 18.6 Å². The molecule has 3 amide bonds. The number of rotatable bonds is 10. The Kier molecular flexibility index (Phi) is 8.92. The van der Waals surface area contributed by atoms with Gasteiger partial charge < -0.3 is 24.6 Å². The lowest BCUT2D eigenvalue weighted by molar-refractivity contribution is -0.132. The van der Waals surface area contributed by atoms with Gasteiger partial charge in [-0.2, -0.15) is 0 Å². The molecule has 2 aliphatic rings. The summed E-state index contributed by atoms with van der Waals surface area (Å²) >= 11 is 1.28. The highest BCUT2D eigenvalue weighted by Crippen LogP contribution is 2.32. The maximum absolute atomic E-state index is 12.9. The van der Waals surface area contributed by atoms with Gasteiger partial charge in [-0.25, -0.2) is 4.98 Å². The standard InChI is InChI=1S/C29H33N5O5S/c1-2-10-34(28(37)22-6-4-3-5-7-22)18-26(35)31-29-30-23(19-40-29)16-27(36)33-13-11-32(12-14-33)17-21-8-9-24-25(15-21)39-20-38-24/h3-9,15,19H,2,10-14,16-18,20H2,1H3,(H,30,31,35). The first-order valence-corrected chi connectivity index (χ1v) is 14.3. The van der Waals surface area contributed by atoms with Crippen molar-refractivity contribution in [3.05, 3.63) is 70.7 Å². The molecule has 40 heavy (non-hydrogen) atoms. The van der Waals surface area contributed by atoms with E-state index in [1.807, 2.05) is 36.1 Å². The predicted molar refractivity (Wildman–Crippen MR) is 152 cm³/mol. The molecule has 0 atom stereocenters. The van der Waals surface area contributed by atoms with E-state index in [0.717, 1.165) is 43.1 Å². The van der Waals surface area contributed by atoms with Crippen molar-refractivity contribution in [2.75, 3.05) is 51.4 Å². The molecule has 0 unspecified atom stereocenters. The van der Waals surface area contributed by atoms with Crippen LogP contribution in [0.3, 0.4) is 0 Å². The van der Waals surface area contributed by atoms with Crippen LogP contribution in [0.4, 0.5) is 5.13 Å². The van der Waals surface area contributed by atoms with Gasteiger partial charge in [0.15, 0.2) is 16.6 Å². The van der Waals surface area contributed by atoms with Gasteiger partial charge in [0.25, 0.3) is 5.91 Å². The number of amides is 3. The Bertz CT molecular complexity index is 1340. The smallest absolute Gasteiger partial charge is 0.254 e. The number of nitrogens with zero attached hydrogens (tertiary/aromatic N) is 4. The molecule has 0 saturated carbocycles. The van der Waals surface area contributed by atoms with Crippen molar-refractivity contribution >= 4 is 34.2 Å². The van der Waals surface area contributed by atoms with Crippen LogP contribution in [0.2, 0.25) is 0 Å². The van der Waals surface area contributed by atoms with E-state index < -0.39 is 0 Å². The predicted octanol–water partition coefficient (Wildman–Crippen LogP) is 3.25. The largest absolute Gasteiger partial charge is 0.454 e. The molecule has 1 N–H and O–H groups in total. The van der Waals surface area contributed by atoms with Gasteiger partial charge in [0, 0.05) is 50.2 Å². The highest BCUT2D eigenvalue weighted by molar-refractivity contribution is 7.13. The van der Waals surface area contributed by atoms with Crippen molar-refractivity contribution in [3.63, 3.8) is 0 Å². The molecule has 1 fully saturated rings. The third-order valence-corrected chi connectivity index (χ3v) is 7.64. The van der Waals surface area contributed by atoms with E-state index in [1.165, 1.54) is 16.2 Å². The maximum Gasteiger partial charge on any atom is 0.254 e. The Morgan fingerprint density at radius 1 is 1.02 bits per heavy atom. The van der Waals surface area contributed by atoms with Crippen molar-refractivity contribution in [3.8, 4) is 11.5 Å². The lowest BCUT2D eigenvalue weighted by atomic mass is 10.1. The number of hydrogen-bond acceptors (Lipinski definition) is 8. The fourth-order valence-corrected chi connectivity index (χ4v) is 5.51. The summed E-state index contributed by atoms with van der Waals surface area (Å²) in [5.41, 5.74) is 2.33. The van der Waals surface area contributed by atoms with Crippen LogP contribution in [-0.2, 0) is 22.6 Å². The van der Waals surface area contributed by atoms with Gasteiger partial charge in [0.1, 0.15) is 6.54 Å². The van der Waals surface area contributed by atoms with Crippen molar-refractivity contribution < 1.29 is 23.9 Å². The number of carbonyl (C=O) groups excluding carboxylic acids is 3. The Hall–Kier alpha value is -3.96. The van der Waals surface area contributed by atoms with E-state index in [9.17, 15) is 14.4 Å². The third kappa shape index (κ3) is 6.97. The minimum atomic E-state index is -0.316. The topological polar surface area (TPSA) is 104 Å². The van der Waals surface area contributed by atoms with E-state index in [4.69, 9.17) is 9.47 Å². The van der Waals surface area contributed by atoms with E-state index in [1.54, 1.807) is 29.6 Å². The zero-order chi connectivity index (χ0) is 27.9. The fourth-order valence-electron chi connectivity index (χ4n) is 4.78. The first kappa shape index (κ1) is 27.6. The molecular weight excluding hydrogens is 530 g/mol. The summed E-state index contributed by atoms with van der Waals surface area (Å²) in [5.74, 6) is 1.08. The minimum Gasteiger partial charge on any atom is -0.454 e. The zero-order valence-corrected chi connectivity index (χ0v) is 23.3. The molecule has 210 valence electrons. The number of benzene rings is 2. The summed E-state index contributed by atoms with van der Waals surface area (Å²) in [6.07, 6.45) is 0.922. The molecule has 2 aliphatic heterocycles. The summed E-state index contributed by atoms with van der Waals surface area (Å²) < 4.78 is 10.9. The van der Waals surface area contributed by atoms with Crippen molar-refractivity contribution in [2.45, 2.75) is 26.3 Å². The zero-order valence-electron chi connectivity index (χ0n) is 22.5. The molecule has 2 aromatic carbocycles. The number of nitrogens with one attached hydrogen (secondary N) is 1. The SMILES string of the molecule is CCCN(CC(=O)Nc1nc(CC(=O)N2CCN(Cc3ccc4c(c3)OCO4)CC2)cs1)C(=O)c1ccccc1. The van der Waals surface area contributed by atoms with Gasteiger partial charge in [-0.1, -0.05) is 31.2 Å². The van der Waals surface area contributed by atoms with Crippen LogP contribution < -0.4 is 14.8 Å². The number of hydrogen-bond donors (Lipinski definition) is 1. The first-order valence-electron chi connectivity index (χ1n) is 13.5. The molecule has 1 saturated heterocycles. The van der Waals surface area contributed by atoms with Crippen LogP contribution in [0.1, 0.15) is 35.0 Å². The van der Waals surface area contributed by atoms with Crippen molar-refractivity contribution in [1.29, 1.82) is 0 Å². The molecule has 1 aromatic heterocycles. The van der Waals surface area contributed by atoms with E-state index in [-0.39, 0.29) is 37.5 Å². The van der Waals surface area contributed by atoms with Crippen molar-refractivity contribution in [2.24, 2.45) is 0 Å². The maximum atomic E-state index is 12.9. The van der Waals surface area contributed by atoms with Crippen LogP contribution in [0.5, 0.6) is 11.5 Å². The number of fused-ring (bicyclic) bond motifs is 1. The molecule has 0 bridgehead atoms. The second-order valence-electron chi connectivity index (χ2n) is 9.81. The van der Waals surface area contributed by atoms with E-state index >= 15 is 0 Å². The molecular formula is C29H33N5O5S. The summed E-state index contributed by atoms with van der Waals surface area (Å²) in [4.78, 5) is 48.6.